The second-order valence-electron chi connectivity index (χ2n) is 4.82. The summed E-state index contributed by atoms with van der Waals surface area (Å²) < 4.78 is 0.944. The van der Waals surface area contributed by atoms with E-state index in [1.54, 1.807) is 0 Å². The van der Waals surface area contributed by atoms with Gasteiger partial charge in [-0.1, -0.05) is 22.9 Å². The van der Waals surface area contributed by atoms with Crippen LogP contribution in [0, 0.1) is 16.7 Å². The third kappa shape index (κ3) is 2.22. The number of nitrogens with one attached hydrogen (secondary N) is 1. The molecule has 1 aromatic rings. The van der Waals surface area contributed by atoms with Gasteiger partial charge in [0.15, 0.2) is 0 Å². The average Bonchev–Trinajstić information content (AvgIpc) is 3.00. The van der Waals surface area contributed by atoms with Gasteiger partial charge in [0.1, 0.15) is 6.07 Å². The minimum Gasteiger partial charge on any atom is -0.381 e. The van der Waals surface area contributed by atoms with Gasteiger partial charge >= 0.3 is 0 Å². The van der Waals surface area contributed by atoms with Crippen molar-refractivity contribution in [2.24, 2.45) is 5.41 Å². The summed E-state index contributed by atoms with van der Waals surface area (Å²) in [5.74, 6) is 0. The Morgan fingerprint density at radius 1 is 1.50 bits per heavy atom. The molecule has 1 aromatic carbocycles. The standard InChI is InChI=1S/C13H15BrN2/c1-9(13(2)5-6-13)16-12-4-3-11(14)7-10(12)8-15/h3-4,7,9,16H,5-6H2,1-2H3. The van der Waals surface area contributed by atoms with Crippen molar-refractivity contribution in [1.29, 1.82) is 5.26 Å². The van der Waals surface area contributed by atoms with Crippen LogP contribution in [0.15, 0.2) is 22.7 Å². The Balaban J connectivity index is 2.18. The van der Waals surface area contributed by atoms with Gasteiger partial charge < -0.3 is 5.32 Å². The van der Waals surface area contributed by atoms with Gasteiger partial charge in [0.2, 0.25) is 0 Å². The van der Waals surface area contributed by atoms with Gasteiger partial charge in [0.05, 0.1) is 11.3 Å². The fraction of sp³-hybridized carbons (Fsp3) is 0.462. The van der Waals surface area contributed by atoms with Crippen molar-refractivity contribution < 1.29 is 0 Å². The summed E-state index contributed by atoms with van der Waals surface area (Å²) in [6, 6.07) is 8.42. The van der Waals surface area contributed by atoms with Crippen LogP contribution in [0.25, 0.3) is 0 Å². The summed E-state index contributed by atoms with van der Waals surface area (Å²) in [7, 11) is 0. The molecular formula is C13H15BrN2. The molecule has 0 spiro atoms. The molecule has 0 amide bonds. The molecule has 1 fully saturated rings. The molecule has 1 aliphatic carbocycles. The number of hydrogen-bond acceptors (Lipinski definition) is 2. The average molecular weight is 279 g/mol. The topological polar surface area (TPSA) is 35.8 Å². The summed E-state index contributed by atoms with van der Waals surface area (Å²) in [5, 5.41) is 12.5. The lowest BCUT2D eigenvalue weighted by Crippen LogP contribution is -2.25. The van der Waals surface area contributed by atoms with Gasteiger partial charge in [-0.3, -0.25) is 0 Å². The Bertz CT molecular complexity index is 444. The summed E-state index contributed by atoms with van der Waals surface area (Å²) in [5.41, 5.74) is 2.05. The summed E-state index contributed by atoms with van der Waals surface area (Å²) in [6.07, 6.45) is 2.55. The Labute approximate surface area is 105 Å². The largest absolute Gasteiger partial charge is 0.381 e. The molecule has 1 unspecified atom stereocenters. The van der Waals surface area contributed by atoms with Crippen LogP contribution in [-0.4, -0.2) is 6.04 Å². The van der Waals surface area contributed by atoms with Crippen LogP contribution in [0.1, 0.15) is 32.3 Å². The van der Waals surface area contributed by atoms with Crippen molar-refractivity contribution >= 4 is 21.6 Å². The molecule has 0 bridgehead atoms. The van der Waals surface area contributed by atoms with E-state index in [9.17, 15) is 0 Å². The smallest absolute Gasteiger partial charge is 0.101 e. The molecule has 0 aromatic heterocycles. The van der Waals surface area contributed by atoms with Crippen LogP contribution >= 0.6 is 15.9 Å². The highest BCUT2D eigenvalue weighted by atomic mass is 79.9. The van der Waals surface area contributed by atoms with E-state index >= 15 is 0 Å². The van der Waals surface area contributed by atoms with Gasteiger partial charge in [-0.25, -0.2) is 0 Å². The number of anilines is 1. The number of rotatable bonds is 3. The van der Waals surface area contributed by atoms with Crippen LogP contribution < -0.4 is 5.32 Å². The van der Waals surface area contributed by atoms with Crippen molar-refractivity contribution in [2.45, 2.75) is 32.7 Å². The maximum atomic E-state index is 9.06. The van der Waals surface area contributed by atoms with Crippen LogP contribution in [-0.2, 0) is 0 Å². The van der Waals surface area contributed by atoms with Crippen molar-refractivity contribution in [1.82, 2.24) is 0 Å². The Kier molecular flexibility index (Phi) is 2.94. The van der Waals surface area contributed by atoms with Crippen molar-refractivity contribution in [3.05, 3.63) is 28.2 Å². The van der Waals surface area contributed by atoms with E-state index in [0.717, 1.165) is 10.2 Å². The van der Waals surface area contributed by atoms with E-state index in [0.29, 0.717) is 17.0 Å². The predicted molar refractivity (Wildman–Crippen MR) is 69.3 cm³/mol. The molecule has 3 heteroatoms. The number of nitrogens with zero attached hydrogens (tertiary/aromatic N) is 1. The normalized spacial score (nSPS) is 18.6. The third-order valence-electron chi connectivity index (χ3n) is 3.56. The summed E-state index contributed by atoms with van der Waals surface area (Å²) >= 11 is 3.38. The van der Waals surface area contributed by atoms with Gasteiger partial charge in [0, 0.05) is 10.5 Å². The first kappa shape index (κ1) is 11.5. The van der Waals surface area contributed by atoms with E-state index in [2.05, 4.69) is 41.2 Å². The number of halogens is 1. The number of benzene rings is 1. The zero-order valence-electron chi connectivity index (χ0n) is 9.55. The molecule has 0 radical (unpaired) electrons. The van der Waals surface area contributed by atoms with E-state index < -0.39 is 0 Å². The fourth-order valence-electron chi connectivity index (χ4n) is 1.77. The molecule has 2 rings (SSSR count). The minimum atomic E-state index is 0.416. The molecule has 0 aliphatic heterocycles. The van der Waals surface area contributed by atoms with Crippen molar-refractivity contribution in [3.63, 3.8) is 0 Å². The molecule has 0 saturated heterocycles. The molecule has 1 saturated carbocycles. The first-order valence-electron chi connectivity index (χ1n) is 5.51. The van der Waals surface area contributed by atoms with E-state index in [4.69, 9.17) is 5.26 Å². The Morgan fingerprint density at radius 3 is 2.75 bits per heavy atom. The molecule has 2 nitrogen and oxygen atoms in total. The quantitative estimate of drug-likeness (QED) is 0.910. The van der Waals surface area contributed by atoms with Gasteiger partial charge in [-0.15, -0.1) is 0 Å². The van der Waals surface area contributed by atoms with Crippen LogP contribution in [0.3, 0.4) is 0 Å². The summed E-state index contributed by atoms with van der Waals surface area (Å²) in [6.45, 7) is 4.48. The highest BCUT2D eigenvalue weighted by Gasteiger charge is 2.42. The maximum absolute atomic E-state index is 9.06. The lowest BCUT2D eigenvalue weighted by Gasteiger charge is -2.22. The van der Waals surface area contributed by atoms with Crippen molar-refractivity contribution in [2.75, 3.05) is 5.32 Å². The van der Waals surface area contributed by atoms with Gasteiger partial charge in [-0.2, -0.15) is 5.26 Å². The van der Waals surface area contributed by atoms with Gasteiger partial charge in [-0.05, 0) is 43.4 Å². The lowest BCUT2D eigenvalue weighted by atomic mass is 10.00. The second kappa shape index (κ2) is 4.10. The number of hydrogen-bond donors (Lipinski definition) is 1. The van der Waals surface area contributed by atoms with Crippen molar-refractivity contribution in [3.8, 4) is 6.07 Å². The van der Waals surface area contributed by atoms with Gasteiger partial charge in [0.25, 0.3) is 0 Å². The predicted octanol–water partition coefficient (Wildman–Crippen LogP) is 3.92. The van der Waals surface area contributed by atoms with Crippen LogP contribution in [0.4, 0.5) is 5.69 Å². The highest BCUT2D eigenvalue weighted by Crippen LogP contribution is 2.48. The number of nitriles is 1. The molecule has 1 N–H and O–H groups in total. The van der Waals surface area contributed by atoms with Crippen LogP contribution in [0.5, 0.6) is 0 Å². The fourth-order valence-corrected chi connectivity index (χ4v) is 2.13. The molecule has 1 atom stereocenters. The zero-order chi connectivity index (χ0) is 11.8. The Morgan fingerprint density at radius 2 is 2.19 bits per heavy atom. The minimum absolute atomic E-state index is 0.416. The SMILES string of the molecule is CC(Nc1ccc(Br)cc1C#N)C1(C)CC1. The van der Waals surface area contributed by atoms with Crippen LogP contribution in [0.2, 0.25) is 0 Å². The third-order valence-corrected chi connectivity index (χ3v) is 4.05. The summed E-state index contributed by atoms with van der Waals surface area (Å²) in [4.78, 5) is 0. The monoisotopic (exact) mass is 278 g/mol. The highest BCUT2D eigenvalue weighted by molar-refractivity contribution is 9.10. The molecule has 16 heavy (non-hydrogen) atoms. The maximum Gasteiger partial charge on any atom is 0.101 e. The second-order valence-corrected chi connectivity index (χ2v) is 5.74. The molecular weight excluding hydrogens is 264 g/mol. The van der Waals surface area contributed by atoms with E-state index in [1.807, 2.05) is 18.2 Å². The van der Waals surface area contributed by atoms with E-state index in [1.165, 1.54) is 12.8 Å². The zero-order valence-corrected chi connectivity index (χ0v) is 11.1. The molecule has 84 valence electrons. The first-order chi connectivity index (χ1) is 7.55. The van der Waals surface area contributed by atoms with E-state index in [-0.39, 0.29) is 0 Å². The first-order valence-corrected chi connectivity index (χ1v) is 6.31. The Hall–Kier alpha value is -1.01. The lowest BCUT2D eigenvalue weighted by molar-refractivity contribution is 0.493. The molecule has 0 heterocycles. The molecule has 1 aliphatic rings.